The molecule has 0 unspecified atom stereocenters. The van der Waals surface area contributed by atoms with Crippen molar-refractivity contribution in [2.24, 2.45) is 0 Å². The number of thioether (sulfide) groups is 1. The average Bonchev–Trinajstić information content (AvgIpc) is 2.37. The van der Waals surface area contributed by atoms with Crippen molar-refractivity contribution in [1.82, 2.24) is 10.2 Å². The maximum atomic E-state index is 3.36. The van der Waals surface area contributed by atoms with Gasteiger partial charge in [-0.2, -0.15) is 11.8 Å². The predicted molar refractivity (Wildman–Crippen MR) is 85.6 cm³/mol. The number of nitrogens with zero attached hydrogens (tertiary/aromatic N) is 1. The molecule has 0 aliphatic carbocycles. The van der Waals surface area contributed by atoms with Crippen LogP contribution in [0, 0.1) is 0 Å². The van der Waals surface area contributed by atoms with Crippen LogP contribution in [0.4, 0.5) is 0 Å². The summed E-state index contributed by atoms with van der Waals surface area (Å²) in [6.07, 6.45) is 0. The van der Waals surface area contributed by atoms with Gasteiger partial charge in [-0.05, 0) is 31.5 Å². The Morgan fingerprint density at radius 2 is 1.89 bits per heavy atom. The highest BCUT2D eigenvalue weighted by Gasteiger charge is 2.26. The van der Waals surface area contributed by atoms with Crippen LogP contribution in [0.3, 0.4) is 0 Å². The highest BCUT2D eigenvalue weighted by molar-refractivity contribution is 8.00. The van der Waals surface area contributed by atoms with Crippen molar-refractivity contribution >= 4 is 11.8 Å². The molecule has 19 heavy (non-hydrogen) atoms. The SMILES string of the molecule is CCNCc1ccc(CN2CCSC(C)(C)C2)cc1. The monoisotopic (exact) mass is 278 g/mol. The molecule has 3 heteroatoms. The number of rotatable bonds is 5. The summed E-state index contributed by atoms with van der Waals surface area (Å²) in [5, 5.41) is 3.36. The van der Waals surface area contributed by atoms with Crippen LogP contribution in [0.15, 0.2) is 24.3 Å². The fourth-order valence-electron chi connectivity index (χ4n) is 2.54. The van der Waals surface area contributed by atoms with Crippen LogP contribution < -0.4 is 5.32 Å². The van der Waals surface area contributed by atoms with Gasteiger partial charge >= 0.3 is 0 Å². The molecule has 0 spiro atoms. The van der Waals surface area contributed by atoms with Gasteiger partial charge < -0.3 is 5.32 Å². The van der Waals surface area contributed by atoms with E-state index in [0.29, 0.717) is 4.75 Å². The Morgan fingerprint density at radius 3 is 2.53 bits per heavy atom. The summed E-state index contributed by atoms with van der Waals surface area (Å²) in [6, 6.07) is 9.06. The molecule has 0 atom stereocenters. The smallest absolute Gasteiger partial charge is 0.0234 e. The second-order valence-corrected chi connectivity index (χ2v) is 7.72. The van der Waals surface area contributed by atoms with Crippen LogP contribution in [0.2, 0.25) is 0 Å². The van der Waals surface area contributed by atoms with Gasteiger partial charge in [-0.25, -0.2) is 0 Å². The van der Waals surface area contributed by atoms with E-state index in [1.807, 2.05) is 0 Å². The molecule has 0 saturated carbocycles. The van der Waals surface area contributed by atoms with Crippen molar-refractivity contribution in [3.05, 3.63) is 35.4 Å². The molecule has 1 heterocycles. The van der Waals surface area contributed by atoms with Crippen molar-refractivity contribution in [3.8, 4) is 0 Å². The van der Waals surface area contributed by atoms with Crippen molar-refractivity contribution < 1.29 is 0 Å². The minimum atomic E-state index is 0.406. The lowest BCUT2D eigenvalue weighted by molar-refractivity contribution is 0.252. The van der Waals surface area contributed by atoms with E-state index in [-0.39, 0.29) is 0 Å². The molecule has 1 aromatic rings. The highest BCUT2D eigenvalue weighted by atomic mass is 32.2. The largest absolute Gasteiger partial charge is 0.313 e. The predicted octanol–water partition coefficient (Wildman–Crippen LogP) is 3.12. The van der Waals surface area contributed by atoms with E-state index in [0.717, 1.165) is 19.6 Å². The molecule has 1 aliphatic heterocycles. The summed E-state index contributed by atoms with van der Waals surface area (Å²) in [7, 11) is 0. The van der Waals surface area contributed by atoms with Gasteiger partial charge in [-0.15, -0.1) is 0 Å². The Hall–Kier alpha value is -0.510. The molecule has 0 bridgehead atoms. The highest BCUT2D eigenvalue weighted by Crippen LogP contribution is 2.30. The van der Waals surface area contributed by atoms with Crippen molar-refractivity contribution in [2.75, 3.05) is 25.4 Å². The topological polar surface area (TPSA) is 15.3 Å². The number of benzene rings is 1. The van der Waals surface area contributed by atoms with E-state index < -0.39 is 0 Å². The first-order valence-electron chi connectivity index (χ1n) is 7.24. The van der Waals surface area contributed by atoms with Crippen LogP contribution in [0.5, 0.6) is 0 Å². The van der Waals surface area contributed by atoms with E-state index >= 15 is 0 Å². The maximum absolute atomic E-state index is 3.36. The summed E-state index contributed by atoms with van der Waals surface area (Å²) in [5.74, 6) is 1.26. The van der Waals surface area contributed by atoms with Gasteiger partial charge in [0.05, 0.1) is 0 Å². The molecule has 0 aromatic heterocycles. The molecular formula is C16H26N2S. The Labute approximate surface area is 122 Å². The Balaban J connectivity index is 1.88. The summed E-state index contributed by atoms with van der Waals surface area (Å²) >= 11 is 2.10. The molecule has 106 valence electrons. The quantitative estimate of drug-likeness (QED) is 0.891. The molecular weight excluding hydrogens is 252 g/mol. The second-order valence-electron chi connectivity index (χ2n) is 5.92. The van der Waals surface area contributed by atoms with Crippen LogP contribution in [0.1, 0.15) is 31.9 Å². The van der Waals surface area contributed by atoms with Gasteiger partial charge in [0.2, 0.25) is 0 Å². The molecule has 0 amide bonds. The first-order chi connectivity index (χ1) is 9.09. The lowest BCUT2D eigenvalue weighted by Gasteiger charge is -2.37. The zero-order valence-corrected chi connectivity index (χ0v) is 13.2. The molecule has 2 nitrogen and oxygen atoms in total. The van der Waals surface area contributed by atoms with E-state index in [2.05, 4.69) is 67.0 Å². The van der Waals surface area contributed by atoms with Gasteiger partial charge in [0, 0.05) is 36.7 Å². The van der Waals surface area contributed by atoms with Crippen LogP contribution in [-0.2, 0) is 13.1 Å². The minimum Gasteiger partial charge on any atom is -0.313 e. The number of hydrogen-bond acceptors (Lipinski definition) is 3. The molecule has 1 fully saturated rings. The van der Waals surface area contributed by atoms with Crippen molar-refractivity contribution in [3.63, 3.8) is 0 Å². The van der Waals surface area contributed by atoms with E-state index in [9.17, 15) is 0 Å². The average molecular weight is 278 g/mol. The van der Waals surface area contributed by atoms with Gasteiger partial charge in [-0.1, -0.05) is 31.2 Å². The third-order valence-corrected chi connectivity index (χ3v) is 4.81. The van der Waals surface area contributed by atoms with Gasteiger partial charge in [0.1, 0.15) is 0 Å². The first-order valence-corrected chi connectivity index (χ1v) is 8.22. The van der Waals surface area contributed by atoms with E-state index in [4.69, 9.17) is 0 Å². The summed E-state index contributed by atoms with van der Waals surface area (Å²) in [4.78, 5) is 2.58. The Morgan fingerprint density at radius 1 is 1.21 bits per heavy atom. The molecule has 1 N–H and O–H groups in total. The van der Waals surface area contributed by atoms with Crippen molar-refractivity contribution in [1.29, 1.82) is 0 Å². The number of hydrogen-bond donors (Lipinski definition) is 1. The lowest BCUT2D eigenvalue weighted by atomic mass is 10.1. The lowest BCUT2D eigenvalue weighted by Crippen LogP contribution is -2.42. The maximum Gasteiger partial charge on any atom is 0.0234 e. The van der Waals surface area contributed by atoms with Crippen LogP contribution in [0.25, 0.3) is 0 Å². The third kappa shape index (κ3) is 4.83. The Bertz CT molecular complexity index is 386. The van der Waals surface area contributed by atoms with Crippen LogP contribution in [-0.4, -0.2) is 35.0 Å². The van der Waals surface area contributed by atoms with E-state index in [1.54, 1.807) is 0 Å². The molecule has 1 aliphatic rings. The fraction of sp³-hybridized carbons (Fsp3) is 0.625. The zero-order chi connectivity index (χ0) is 13.7. The molecule has 1 aromatic carbocycles. The summed E-state index contributed by atoms with van der Waals surface area (Å²) < 4.78 is 0.406. The van der Waals surface area contributed by atoms with E-state index in [1.165, 1.54) is 30.0 Å². The summed E-state index contributed by atoms with van der Waals surface area (Å²) in [6.45, 7) is 12.3. The zero-order valence-electron chi connectivity index (χ0n) is 12.4. The molecule has 1 saturated heterocycles. The van der Waals surface area contributed by atoms with Crippen LogP contribution >= 0.6 is 11.8 Å². The Kier molecular flexibility index (Phi) is 5.31. The van der Waals surface area contributed by atoms with Gasteiger partial charge in [0.25, 0.3) is 0 Å². The standard InChI is InChI=1S/C16H26N2S/c1-4-17-11-14-5-7-15(8-6-14)12-18-9-10-19-16(2,3)13-18/h5-8,17H,4,9-13H2,1-3H3. The van der Waals surface area contributed by atoms with Gasteiger partial charge in [-0.3, -0.25) is 4.90 Å². The van der Waals surface area contributed by atoms with Crippen molar-refractivity contribution in [2.45, 2.75) is 38.6 Å². The second kappa shape index (κ2) is 6.78. The molecule has 0 radical (unpaired) electrons. The fourth-order valence-corrected chi connectivity index (χ4v) is 3.72. The van der Waals surface area contributed by atoms with Gasteiger partial charge in [0.15, 0.2) is 0 Å². The first kappa shape index (κ1) is 14.9. The normalized spacial score (nSPS) is 19.5. The minimum absolute atomic E-state index is 0.406. The molecule has 2 rings (SSSR count). The third-order valence-electron chi connectivity index (χ3n) is 3.51. The number of nitrogens with one attached hydrogen (secondary N) is 1. The summed E-state index contributed by atoms with van der Waals surface area (Å²) in [5.41, 5.74) is 2.81.